The van der Waals surface area contributed by atoms with E-state index in [1.807, 2.05) is 4.90 Å². The Morgan fingerprint density at radius 3 is 2.61 bits per heavy atom. The number of nitrogens with one attached hydrogen (secondary N) is 1. The van der Waals surface area contributed by atoms with Gasteiger partial charge in [-0.25, -0.2) is 13.4 Å². The van der Waals surface area contributed by atoms with Crippen LogP contribution in [0.1, 0.15) is 32.6 Å². The molecular weight excluding hydrogens is 316 g/mol. The number of carbonyl (C=O) groups is 1. The van der Waals surface area contributed by atoms with Crippen LogP contribution in [-0.4, -0.2) is 59.7 Å². The third-order valence-electron chi connectivity index (χ3n) is 4.86. The number of hydrogen-bond acceptors (Lipinski definition) is 4. The van der Waals surface area contributed by atoms with Gasteiger partial charge in [0.05, 0.1) is 12.5 Å². The van der Waals surface area contributed by atoms with Gasteiger partial charge >= 0.3 is 0 Å². The second-order valence-electron chi connectivity index (χ2n) is 6.63. The minimum Gasteiger partial charge on any atom is -0.342 e. The van der Waals surface area contributed by atoms with E-state index in [0.29, 0.717) is 31.8 Å². The highest BCUT2D eigenvalue weighted by molar-refractivity contribution is 7.89. The van der Waals surface area contributed by atoms with Gasteiger partial charge in [-0.2, -0.15) is 4.31 Å². The first-order chi connectivity index (χ1) is 11.0. The normalized spacial score (nSPS) is 24.7. The van der Waals surface area contributed by atoms with Crippen LogP contribution in [0.15, 0.2) is 17.6 Å². The predicted octanol–water partition coefficient (Wildman–Crippen LogP) is 1.07. The summed E-state index contributed by atoms with van der Waals surface area (Å²) >= 11 is 0. The number of sulfonamides is 1. The fourth-order valence-electron chi connectivity index (χ4n) is 3.51. The molecule has 3 rings (SSSR count). The van der Waals surface area contributed by atoms with Gasteiger partial charge in [0, 0.05) is 32.1 Å². The molecule has 1 unspecified atom stereocenters. The van der Waals surface area contributed by atoms with Crippen LogP contribution < -0.4 is 0 Å². The minimum absolute atomic E-state index is 0.0477. The summed E-state index contributed by atoms with van der Waals surface area (Å²) in [6, 6.07) is 0. The lowest BCUT2D eigenvalue weighted by Gasteiger charge is -2.36. The number of amides is 1. The number of H-pyrrole nitrogens is 1. The molecule has 2 aliphatic rings. The van der Waals surface area contributed by atoms with Crippen molar-refractivity contribution in [1.82, 2.24) is 19.2 Å². The number of rotatable bonds is 3. The van der Waals surface area contributed by atoms with Crippen LogP contribution in [0.5, 0.6) is 0 Å². The van der Waals surface area contributed by atoms with Gasteiger partial charge in [-0.1, -0.05) is 6.92 Å². The summed E-state index contributed by atoms with van der Waals surface area (Å²) in [5, 5.41) is 0.118. The molecule has 0 radical (unpaired) electrons. The number of hydrogen-bond donors (Lipinski definition) is 1. The lowest BCUT2D eigenvalue weighted by molar-refractivity contribution is -0.138. The first-order valence-electron chi connectivity index (χ1n) is 8.26. The molecule has 1 aromatic heterocycles. The number of aromatic amines is 1. The molecule has 2 fully saturated rings. The van der Waals surface area contributed by atoms with Crippen molar-refractivity contribution >= 4 is 15.9 Å². The summed E-state index contributed by atoms with van der Waals surface area (Å²) in [5.74, 6) is 0.720. The van der Waals surface area contributed by atoms with Crippen molar-refractivity contribution in [2.45, 2.75) is 37.6 Å². The number of likely N-dealkylation sites (tertiary alicyclic amines) is 1. The average Bonchev–Trinajstić information content (AvgIpc) is 3.09. The number of carbonyl (C=O) groups excluding carboxylic acids is 1. The third kappa shape index (κ3) is 3.42. The van der Waals surface area contributed by atoms with Crippen molar-refractivity contribution < 1.29 is 13.2 Å². The molecule has 2 saturated heterocycles. The van der Waals surface area contributed by atoms with Crippen LogP contribution in [-0.2, 0) is 14.8 Å². The van der Waals surface area contributed by atoms with Crippen molar-refractivity contribution in [3.05, 3.63) is 12.5 Å². The summed E-state index contributed by atoms with van der Waals surface area (Å²) in [7, 11) is -3.51. The van der Waals surface area contributed by atoms with E-state index in [1.165, 1.54) is 23.3 Å². The van der Waals surface area contributed by atoms with Gasteiger partial charge in [0.15, 0.2) is 5.03 Å². The molecule has 0 aromatic carbocycles. The summed E-state index contributed by atoms with van der Waals surface area (Å²) in [5.41, 5.74) is 0. The van der Waals surface area contributed by atoms with E-state index >= 15 is 0 Å². The summed E-state index contributed by atoms with van der Waals surface area (Å²) < 4.78 is 26.3. The Labute approximate surface area is 137 Å². The maximum absolute atomic E-state index is 12.6. The molecule has 1 N–H and O–H groups in total. The summed E-state index contributed by atoms with van der Waals surface area (Å²) in [6.07, 6.45) is 6.13. The molecule has 23 heavy (non-hydrogen) atoms. The van der Waals surface area contributed by atoms with Crippen LogP contribution >= 0.6 is 0 Å². The van der Waals surface area contributed by atoms with Crippen LogP contribution in [0.2, 0.25) is 0 Å². The van der Waals surface area contributed by atoms with Crippen molar-refractivity contribution in [2.75, 3.05) is 26.2 Å². The number of aromatic nitrogens is 2. The second kappa shape index (κ2) is 6.60. The molecule has 0 spiro atoms. The molecule has 0 aliphatic carbocycles. The maximum atomic E-state index is 12.6. The zero-order valence-electron chi connectivity index (χ0n) is 13.4. The van der Waals surface area contributed by atoms with E-state index in [4.69, 9.17) is 0 Å². The second-order valence-corrected chi connectivity index (χ2v) is 8.53. The summed E-state index contributed by atoms with van der Waals surface area (Å²) in [4.78, 5) is 21.0. The lowest BCUT2D eigenvalue weighted by atomic mass is 9.93. The monoisotopic (exact) mass is 340 g/mol. The van der Waals surface area contributed by atoms with E-state index in [1.54, 1.807) is 0 Å². The highest BCUT2D eigenvalue weighted by atomic mass is 32.2. The molecule has 7 nitrogen and oxygen atoms in total. The molecule has 2 aliphatic heterocycles. The zero-order chi connectivity index (χ0) is 16.4. The molecule has 1 amide bonds. The lowest BCUT2D eigenvalue weighted by Crippen LogP contribution is -2.46. The molecule has 0 bridgehead atoms. The number of nitrogens with zero attached hydrogens (tertiary/aromatic N) is 3. The highest BCUT2D eigenvalue weighted by Crippen LogP contribution is 2.26. The topological polar surface area (TPSA) is 86.4 Å². The number of imidazole rings is 1. The molecule has 8 heteroatoms. The van der Waals surface area contributed by atoms with Gasteiger partial charge in [0.1, 0.15) is 0 Å². The van der Waals surface area contributed by atoms with E-state index < -0.39 is 10.0 Å². The highest BCUT2D eigenvalue weighted by Gasteiger charge is 2.35. The molecule has 0 saturated carbocycles. The van der Waals surface area contributed by atoms with E-state index in [-0.39, 0.29) is 16.9 Å². The van der Waals surface area contributed by atoms with Gasteiger partial charge in [0.2, 0.25) is 5.91 Å². The van der Waals surface area contributed by atoms with Crippen LogP contribution in [0, 0.1) is 11.8 Å². The fourth-order valence-corrected chi connectivity index (χ4v) is 4.88. The van der Waals surface area contributed by atoms with Crippen molar-refractivity contribution in [1.29, 1.82) is 0 Å². The van der Waals surface area contributed by atoms with Gasteiger partial charge in [-0.15, -0.1) is 0 Å². The van der Waals surface area contributed by atoms with Gasteiger partial charge in [-0.3, -0.25) is 4.79 Å². The Bertz CT molecular complexity index is 636. The smallest absolute Gasteiger partial charge is 0.260 e. The maximum Gasteiger partial charge on any atom is 0.260 e. The fraction of sp³-hybridized carbons (Fsp3) is 0.733. The summed E-state index contributed by atoms with van der Waals surface area (Å²) in [6.45, 7) is 4.64. The number of piperidine rings is 2. The standard InChI is InChI=1S/C15H24N4O3S/c1-12-3-2-6-18(10-12)15(20)13-4-7-19(8-5-13)23(21,22)14-9-16-11-17-14/h9,11-13H,2-8,10H2,1H3,(H,16,17). The third-order valence-corrected chi connectivity index (χ3v) is 6.69. The largest absolute Gasteiger partial charge is 0.342 e. The molecule has 1 aromatic rings. The van der Waals surface area contributed by atoms with E-state index in [2.05, 4.69) is 16.9 Å². The molecule has 3 heterocycles. The Kier molecular flexibility index (Phi) is 4.72. The Morgan fingerprint density at radius 1 is 1.26 bits per heavy atom. The Morgan fingerprint density at radius 2 is 2.00 bits per heavy atom. The first kappa shape index (κ1) is 16.4. The minimum atomic E-state index is -3.51. The molecular formula is C15H24N4O3S. The average molecular weight is 340 g/mol. The van der Waals surface area contributed by atoms with Crippen molar-refractivity contribution in [3.8, 4) is 0 Å². The van der Waals surface area contributed by atoms with E-state index in [0.717, 1.165) is 19.5 Å². The molecule has 128 valence electrons. The van der Waals surface area contributed by atoms with E-state index in [9.17, 15) is 13.2 Å². The Balaban J connectivity index is 1.59. The van der Waals surface area contributed by atoms with Crippen LogP contribution in [0.3, 0.4) is 0 Å². The SMILES string of the molecule is CC1CCCN(C(=O)C2CCN(S(=O)(=O)c3cnc[nH]3)CC2)C1. The quantitative estimate of drug-likeness (QED) is 0.892. The van der Waals surface area contributed by atoms with Crippen LogP contribution in [0.25, 0.3) is 0 Å². The molecule has 1 atom stereocenters. The first-order valence-corrected chi connectivity index (χ1v) is 9.70. The van der Waals surface area contributed by atoms with Crippen molar-refractivity contribution in [2.24, 2.45) is 11.8 Å². The predicted molar refractivity (Wildman–Crippen MR) is 85.0 cm³/mol. The van der Waals surface area contributed by atoms with Gasteiger partial charge < -0.3 is 9.88 Å². The zero-order valence-corrected chi connectivity index (χ0v) is 14.3. The van der Waals surface area contributed by atoms with Crippen LogP contribution in [0.4, 0.5) is 0 Å². The van der Waals surface area contributed by atoms with Gasteiger partial charge in [0.25, 0.3) is 10.0 Å². The Hall–Kier alpha value is -1.41. The van der Waals surface area contributed by atoms with Gasteiger partial charge in [-0.05, 0) is 31.6 Å². The van der Waals surface area contributed by atoms with Crippen molar-refractivity contribution in [3.63, 3.8) is 0 Å².